The van der Waals surface area contributed by atoms with Crippen molar-refractivity contribution in [1.82, 2.24) is 0 Å². The fourth-order valence-electron chi connectivity index (χ4n) is 9.50. The molecule has 14 heteroatoms. The van der Waals surface area contributed by atoms with Gasteiger partial charge in [-0.3, -0.25) is 4.79 Å². The molecule has 306 valence electrons. The number of carbonyl (C=O) groups excluding carboxylic acids is 1. The minimum absolute atomic E-state index is 0.0210. The van der Waals surface area contributed by atoms with Crippen LogP contribution < -0.4 is 5.73 Å². The fourth-order valence-corrected chi connectivity index (χ4v) is 10.6. The Morgan fingerprint density at radius 3 is 2.61 bits per heavy atom. The Labute approximate surface area is 337 Å². The number of aliphatic hydroxyl groups is 2. The molecule has 16 atom stereocenters. The third-order valence-electron chi connectivity index (χ3n) is 12.6. The first-order chi connectivity index (χ1) is 25.8. The number of ether oxygens (including phenoxy) is 7. The van der Waals surface area contributed by atoms with E-state index in [1.54, 1.807) is 13.2 Å². The van der Waals surface area contributed by atoms with Crippen molar-refractivity contribution in [3.63, 3.8) is 0 Å². The van der Waals surface area contributed by atoms with Crippen molar-refractivity contribution in [3.05, 3.63) is 36.1 Å². The third kappa shape index (κ3) is 10.3. The van der Waals surface area contributed by atoms with Crippen molar-refractivity contribution in [2.24, 2.45) is 17.6 Å². The van der Waals surface area contributed by atoms with Gasteiger partial charge in [-0.25, -0.2) is 0 Å². The Kier molecular flexibility index (Phi) is 15.1. The molecule has 6 aliphatic heterocycles. The quantitative estimate of drug-likeness (QED) is 0.0972. The van der Waals surface area contributed by atoms with E-state index in [-0.39, 0.29) is 92.0 Å². The maximum Gasteiger partial charge on any atom is 0.169 e. The lowest BCUT2D eigenvalue weighted by Crippen LogP contribution is -2.52. The second-order valence-corrected chi connectivity index (χ2v) is 18.0. The zero-order valence-electron chi connectivity index (χ0n) is 32.3. The van der Waals surface area contributed by atoms with E-state index in [0.29, 0.717) is 50.3 Å². The highest BCUT2D eigenvalue weighted by Gasteiger charge is 2.50. The minimum Gasteiger partial charge on any atom is -0.489 e. The van der Waals surface area contributed by atoms with Crippen molar-refractivity contribution in [2.75, 3.05) is 13.7 Å². The molecule has 54 heavy (non-hydrogen) atoms. The van der Waals surface area contributed by atoms with Crippen LogP contribution in [0.4, 0.5) is 0 Å². The SMILES string of the molecule is C=C1C[C@H](CC[C@@]2(O)C[C@@H](O)C3=C[C@@H](O2)[C@H]2O[C@@H](CC(=O)C[C@@H]4[C@@H](OC)[C@@H](C[C@@H](CN)OSI)O[C@H]4C)CC[C@@H]2O3)O[C@H]1CC[C@H]1C[C@@H](C)C(=C)[C@@H](C)O1. The van der Waals surface area contributed by atoms with Gasteiger partial charge in [0, 0.05) is 72.9 Å². The minimum atomic E-state index is -1.62. The van der Waals surface area contributed by atoms with Crippen LogP contribution in [0.5, 0.6) is 0 Å². The van der Waals surface area contributed by atoms with Gasteiger partial charge in [-0.2, -0.15) is 0 Å². The molecule has 0 aromatic rings. The average molecular weight is 892 g/mol. The molecule has 12 nitrogen and oxygen atoms in total. The number of Topliss-reactive ketones (excluding diaryl/α,β-unsaturated/α-hetero) is 1. The zero-order chi connectivity index (χ0) is 38.7. The standard InChI is InChI=1S/C40H62INO11S/c1-21-13-27(47-24(4)23(21)3)7-9-33-22(2)14-29(49-33)11-12-40(45)19-32(44)35-18-37(52-40)39-34(51-35)10-8-28(50-39)15-26(43)16-31-25(5)48-36(38(31)46-6)17-30(20-42)53-54-41/h18,21,24-25,27-34,36-39,44-45H,2-3,7-17,19-20,42H2,1,4-6H3/t21-,24-,25+,27+,28-,29+,30+,31+,32-,33+,34+,36-,37-,38-,39+,40+/m1/s1. The maximum atomic E-state index is 13.5. The van der Waals surface area contributed by atoms with Crippen LogP contribution in [0, 0.1) is 11.8 Å². The van der Waals surface area contributed by atoms with Gasteiger partial charge in [-0.15, -0.1) is 0 Å². The Bertz CT molecular complexity index is 1340. The van der Waals surface area contributed by atoms with E-state index >= 15 is 0 Å². The molecule has 0 unspecified atom stereocenters. The van der Waals surface area contributed by atoms with E-state index < -0.39 is 24.1 Å². The number of ketones is 1. The van der Waals surface area contributed by atoms with Crippen LogP contribution in [-0.4, -0.2) is 115 Å². The summed E-state index contributed by atoms with van der Waals surface area (Å²) in [6.07, 6.45) is 4.82. The third-order valence-corrected chi connectivity index (χ3v) is 13.6. The van der Waals surface area contributed by atoms with E-state index in [0.717, 1.165) is 36.8 Å². The van der Waals surface area contributed by atoms with Crippen LogP contribution in [-0.2, 0) is 42.1 Å². The average Bonchev–Trinajstić information content (AvgIpc) is 3.61. The van der Waals surface area contributed by atoms with E-state index in [1.807, 2.05) is 6.92 Å². The molecular formula is C40H62INO11S. The van der Waals surface area contributed by atoms with E-state index in [9.17, 15) is 15.0 Å². The van der Waals surface area contributed by atoms with E-state index in [4.69, 9.17) is 43.1 Å². The normalized spacial score (nSPS) is 42.9. The largest absolute Gasteiger partial charge is 0.489 e. The molecule has 4 N–H and O–H groups in total. The summed E-state index contributed by atoms with van der Waals surface area (Å²) in [4.78, 5) is 13.5. The van der Waals surface area contributed by atoms with Crippen LogP contribution in [0.25, 0.3) is 0 Å². The molecule has 0 aromatic heterocycles. The van der Waals surface area contributed by atoms with Gasteiger partial charge >= 0.3 is 0 Å². The molecule has 0 amide bonds. The van der Waals surface area contributed by atoms with Gasteiger partial charge in [0.1, 0.15) is 36.0 Å². The maximum absolute atomic E-state index is 13.5. The topological polar surface area (TPSA) is 157 Å². The Balaban J connectivity index is 0.999. The monoisotopic (exact) mass is 891 g/mol. The number of methoxy groups -OCH3 is 1. The highest BCUT2D eigenvalue weighted by molar-refractivity contribution is 14.2. The smallest absolute Gasteiger partial charge is 0.169 e. The van der Waals surface area contributed by atoms with Crippen molar-refractivity contribution >= 4 is 36.2 Å². The van der Waals surface area contributed by atoms with Gasteiger partial charge in [-0.1, -0.05) is 20.1 Å². The highest BCUT2D eigenvalue weighted by atomic mass is 127. The molecule has 4 fully saturated rings. The number of fused-ring (bicyclic) bond motifs is 3. The predicted octanol–water partition coefficient (Wildman–Crippen LogP) is 5.80. The van der Waals surface area contributed by atoms with Crippen molar-refractivity contribution in [1.29, 1.82) is 0 Å². The number of halogens is 1. The molecule has 4 saturated heterocycles. The molecule has 6 heterocycles. The number of rotatable bonds is 16. The van der Waals surface area contributed by atoms with Gasteiger partial charge in [0.15, 0.2) is 5.79 Å². The summed E-state index contributed by atoms with van der Waals surface area (Å²) < 4.78 is 49.6. The summed E-state index contributed by atoms with van der Waals surface area (Å²) in [6.45, 7) is 15.1. The van der Waals surface area contributed by atoms with Crippen molar-refractivity contribution < 1.29 is 52.3 Å². The molecule has 6 aliphatic rings. The molecule has 0 radical (unpaired) electrons. The molecule has 0 spiro atoms. The lowest BCUT2D eigenvalue weighted by atomic mass is 9.87. The van der Waals surface area contributed by atoms with Crippen LogP contribution in [0.15, 0.2) is 36.1 Å². The van der Waals surface area contributed by atoms with E-state index in [2.05, 4.69) is 48.2 Å². The van der Waals surface area contributed by atoms with Crippen molar-refractivity contribution in [3.8, 4) is 0 Å². The fraction of sp³-hybridized carbons (Fsp3) is 0.825. The van der Waals surface area contributed by atoms with Gasteiger partial charge in [0.25, 0.3) is 0 Å². The van der Waals surface area contributed by atoms with Gasteiger partial charge in [-0.05, 0) is 81.9 Å². The van der Waals surface area contributed by atoms with Crippen LogP contribution in [0.2, 0.25) is 0 Å². The summed E-state index contributed by atoms with van der Waals surface area (Å²) in [7, 11) is 2.91. The summed E-state index contributed by atoms with van der Waals surface area (Å²) in [5.74, 6) is -0.787. The Hall–Kier alpha value is -0.630. The van der Waals surface area contributed by atoms with Crippen LogP contribution >= 0.6 is 30.4 Å². The van der Waals surface area contributed by atoms with E-state index in [1.165, 1.54) is 9.21 Å². The Morgan fingerprint density at radius 2 is 1.89 bits per heavy atom. The summed E-state index contributed by atoms with van der Waals surface area (Å²) in [5.41, 5.74) is 8.13. The van der Waals surface area contributed by atoms with Gasteiger partial charge < -0.3 is 53.3 Å². The lowest BCUT2D eigenvalue weighted by Gasteiger charge is -2.43. The number of carbonyl (C=O) groups is 1. The zero-order valence-corrected chi connectivity index (χ0v) is 35.3. The predicted molar refractivity (Wildman–Crippen MR) is 212 cm³/mol. The second kappa shape index (κ2) is 19.0. The van der Waals surface area contributed by atoms with Gasteiger partial charge in [0.2, 0.25) is 0 Å². The van der Waals surface area contributed by atoms with Gasteiger partial charge in [0.05, 0.1) is 64.1 Å². The first-order valence-electron chi connectivity index (χ1n) is 19.9. The van der Waals surface area contributed by atoms with Crippen LogP contribution in [0.1, 0.15) is 97.8 Å². The summed E-state index contributed by atoms with van der Waals surface area (Å²) >= 11 is 2.08. The van der Waals surface area contributed by atoms with Crippen molar-refractivity contribution in [2.45, 2.75) is 183 Å². The molecule has 0 aromatic carbocycles. The molecule has 2 bridgehead atoms. The second-order valence-electron chi connectivity index (χ2n) is 16.6. The molecule has 0 aliphatic carbocycles. The summed E-state index contributed by atoms with van der Waals surface area (Å²) in [5, 5.41) is 22.9. The first-order valence-corrected chi connectivity index (χ1v) is 23.2. The molecule has 6 rings (SSSR count). The lowest BCUT2D eigenvalue weighted by molar-refractivity contribution is -0.266. The number of hydrogen-bond donors (Lipinski definition) is 3. The molecular weight excluding hydrogens is 829 g/mol. The summed E-state index contributed by atoms with van der Waals surface area (Å²) in [6, 6.07) is 0. The number of hydrogen-bond acceptors (Lipinski definition) is 13. The highest BCUT2D eigenvalue weighted by Crippen LogP contribution is 2.42. The Morgan fingerprint density at radius 1 is 1.09 bits per heavy atom. The van der Waals surface area contributed by atoms with Crippen LogP contribution in [0.3, 0.4) is 0 Å². The number of nitrogens with two attached hydrogens (primary N) is 1. The molecule has 0 saturated carbocycles. The first kappa shape index (κ1) is 43.0. The number of aliphatic hydroxyl groups excluding tert-OH is 1.